The Morgan fingerprint density at radius 2 is 2.09 bits per heavy atom. The predicted octanol–water partition coefficient (Wildman–Crippen LogP) is 1.89. The molecule has 1 heterocycles. The third kappa shape index (κ3) is 4.21. The zero-order valence-electron chi connectivity index (χ0n) is 13.8. The summed E-state index contributed by atoms with van der Waals surface area (Å²) < 4.78 is 16.4. The van der Waals surface area contributed by atoms with Gasteiger partial charge < -0.3 is 19.1 Å². The number of carbonyl (C=O) groups is 1. The third-order valence-corrected chi connectivity index (χ3v) is 3.72. The Morgan fingerprint density at radius 1 is 1.36 bits per heavy atom. The van der Waals surface area contributed by atoms with Gasteiger partial charge in [0, 0.05) is 25.8 Å². The molecule has 0 N–H and O–H groups in total. The van der Waals surface area contributed by atoms with Gasteiger partial charge in [-0.3, -0.25) is 4.79 Å². The predicted molar refractivity (Wildman–Crippen MR) is 84.1 cm³/mol. The van der Waals surface area contributed by atoms with Crippen LogP contribution in [0.15, 0.2) is 24.3 Å². The fourth-order valence-electron chi connectivity index (χ4n) is 2.88. The van der Waals surface area contributed by atoms with Gasteiger partial charge in [0.2, 0.25) is 5.91 Å². The third-order valence-electron chi connectivity index (χ3n) is 3.72. The average Bonchev–Trinajstić information content (AvgIpc) is 2.46. The Balaban J connectivity index is 2.07. The minimum atomic E-state index is -0.363. The van der Waals surface area contributed by atoms with Crippen LogP contribution in [0, 0.1) is 0 Å². The molecule has 1 amide bonds. The molecular weight excluding hydrogens is 282 g/mol. The Bertz CT molecular complexity index is 515. The van der Waals surface area contributed by atoms with E-state index in [4.69, 9.17) is 14.2 Å². The van der Waals surface area contributed by atoms with Crippen molar-refractivity contribution in [1.82, 2.24) is 4.90 Å². The van der Waals surface area contributed by atoms with Crippen LogP contribution in [0.1, 0.15) is 19.4 Å². The second kappa shape index (κ2) is 7.11. The highest BCUT2D eigenvalue weighted by molar-refractivity contribution is 5.79. The first kappa shape index (κ1) is 16.8. The topological polar surface area (TPSA) is 48.0 Å². The summed E-state index contributed by atoms with van der Waals surface area (Å²) in [4.78, 5) is 14.5. The van der Waals surface area contributed by atoms with Crippen molar-refractivity contribution in [2.45, 2.75) is 32.0 Å². The zero-order valence-corrected chi connectivity index (χ0v) is 13.8. The summed E-state index contributed by atoms with van der Waals surface area (Å²) >= 11 is 0. The van der Waals surface area contributed by atoms with Crippen LogP contribution in [0.25, 0.3) is 0 Å². The smallest absolute Gasteiger partial charge is 0.227 e. The van der Waals surface area contributed by atoms with Crippen molar-refractivity contribution in [2.24, 2.45) is 0 Å². The quantitative estimate of drug-likeness (QED) is 0.833. The van der Waals surface area contributed by atoms with E-state index < -0.39 is 0 Å². The molecule has 5 nitrogen and oxygen atoms in total. The van der Waals surface area contributed by atoms with E-state index >= 15 is 0 Å². The van der Waals surface area contributed by atoms with Gasteiger partial charge in [-0.1, -0.05) is 18.2 Å². The van der Waals surface area contributed by atoms with Crippen molar-refractivity contribution in [2.75, 3.05) is 33.9 Å². The number of morpholine rings is 1. The van der Waals surface area contributed by atoms with Crippen LogP contribution >= 0.6 is 0 Å². The fraction of sp³-hybridized carbons (Fsp3) is 0.588. The maximum absolute atomic E-state index is 12.6. The van der Waals surface area contributed by atoms with E-state index in [1.54, 1.807) is 14.2 Å². The lowest BCUT2D eigenvalue weighted by Crippen LogP contribution is -2.56. The highest BCUT2D eigenvalue weighted by atomic mass is 16.5. The molecule has 0 aliphatic carbocycles. The minimum absolute atomic E-state index is 0.0852. The summed E-state index contributed by atoms with van der Waals surface area (Å²) in [6.07, 6.45) is 0.246. The molecule has 0 radical (unpaired) electrons. The molecule has 1 atom stereocenters. The molecule has 1 aliphatic rings. The van der Waals surface area contributed by atoms with E-state index in [0.29, 0.717) is 26.1 Å². The summed E-state index contributed by atoms with van der Waals surface area (Å²) in [6.45, 7) is 5.63. The first-order valence-corrected chi connectivity index (χ1v) is 7.51. The van der Waals surface area contributed by atoms with E-state index in [-0.39, 0.29) is 17.6 Å². The van der Waals surface area contributed by atoms with E-state index in [2.05, 4.69) is 0 Å². The Morgan fingerprint density at radius 3 is 2.77 bits per heavy atom. The van der Waals surface area contributed by atoms with Crippen molar-refractivity contribution < 1.29 is 19.0 Å². The standard InChI is InChI=1S/C17H25NO4/c1-17(2)12-18(10-14(22-17)11-20-3)16(19)9-13-7-5-6-8-15(13)21-4/h5-8,14H,9-12H2,1-4H3. The van der Waals surface area contributed by atoms with Crippen molar-refractivity contribution in [1.29, 1.82) is 0 Å². The largest absolute Gasteiger partial charge is 0.496 e. The lowest BCUT2D eigenvalue weighted by Gasteiger charge is -2.42. The first-order chi connectivity index (χ1) is 10.4. The average molecular weight is 307 g/mol. The number of hydrogen-bond donors (Lipinski definition) is 0. The van der Waals surface area contributed by atoms with Crippen LogP contribution in [-0.4, -0.2) is 56.4 Å². The van der Waals surface area contributed by atoms with Gasteiger partial charge in [0.25, 0.3) is 0 Å². The number of ether oxygens (including phenoxy) is 3. The maximum atomic E-state index is 12.6. The van der Waals surface area contributed by atoms with Crippen LogP contribution in [0.5, 0.6) is 5.75 Å². The van der Waals surface area contributed by atoms with E-state index in [1.165, 1.54) is 0 Å². The summed E-state index contributed by atoms with van der Waals surface area (Å²) in [5, 5.41) is 0. The monoisotopic (exact) mass is 307 g/mol. The summed E-state index contributed by atoms with van der Waals surface area (Å²) in [5.41, 5.74) is 0.542. The van der Waals surface area contributed by atoms with Gasteiger partial charge >= 0.3 is 0 Å². The van der Waals surface area contributed by atoms with Gasteiger partial charge in [0.15, 0.2) is 0 Å². The SMILES string of the molecule is COCC1CN(C(=O)Cc2ccccc2OC)CC(C)(C)O1. The van der Waals surface area contributed by atoms with Gasteiger partial charge in [0.1, 0.15) is 5.75 Å². The number of hydrogen-bond acceptors (Lipinski definition) is 4. The molecule has 22 heavy (non-hydrogen) atoms. The van der Waals surface area contributed by atoms with Gasteiger partial charge in [-0.15, -0.1) is 0 Å². The molecule has 2 rings (SSSR count). The molecule has 0 spiro atoms. The minimum Gasteiger partial charge on any atom is -0.496 e. The maximum Gasteiger partial charge on any atom is 0.227 e. The molecule has 1 aromatic carbocycles. The van der Waals surface area contributed by atoms with Crippen LogP contribution in [0.3, 0.4) is 0 Å². The highest BCUT2D eigenvalue weighted by Gasteiger charge is 2.35. The Hall–Kier alpha value is -1.59. The molecule has 0 bridgehead atoms. The molecule has 1 fully saturated rings. The zero-order chi connectivity index (χ0) is 16.2. The van der Waals surface area contributed by atoms with Crippen molar-refractivity contribution >= 4 is 5.91 Å². The second-order valence-electron chi connectivity index (χ2n) is 6.22. The number of carbonyl (C=O) groups excluding carboxylic acids is 1. The van der Waals surface area contributed by atoms with Crippen LogP contribution in [-0.2, 0) is 20.7 Å². The van der Waals surface area contributed by atoms with Crippen molar-refractivity contribution in [3.05, 3.63) is 29.8 Å². The summed E-state index contributed by atoms with van der Waals surface area (Å²) in [5.74, 6) is 0.832. The normalized spacial score (nSPS) is 20.7. The van der Waals surface area contributed by atoms with Gasteiger partial charge in [-0.2, -0.15) is 0 Å². The molecule has 0 saturated carbocycles. The molecule has 1 unspecified atom stereocenters. The molecule has 122 valence electrons. The van der Waals surface area contributed by atoms with E-state index in [0.717, 1.165) is 11.3 Å². The molecular formula is C17H25NO4. The number of amides is 1. The van der Waals surface area contributed by atoms with Gasteiger partial charge in [-0.05, 0) is 19.9 Å². The van der Waals surface area contributed by atoms with Crippen molar-refractivity contribution in [3.63, 3.8) is 0 Å². The number of benzene rings is 1. The fourth-order valence-corrected chi connectivity index (χ4v) is 2.88. The Labute approximate surface area is 132 Å². The Kier molecular flexibility index (Phi) is 5.42. The van der Waals surface area contributed by atoms with Crippen LogP contribution in [0.2, 0.25) is 0 Å². The lowest BCUT2D eigenvalue weighted by atomic mass is 10.0. The first-order valence-electron chi connectivity index (χ1n) is 7.51. The molecule has 5 heteroatoms. The van der Waals surface area contributed by atoms with Gasteiger partial charge in [0.05, 0.1) is 31.8 Å². The number of methoxy groups -OCH3 is 2. The number of rotatable bonds is 5. The number of para-hydroxylation sites is 1. The lowest BCUT2D eigenvalue weighted by molar-refractivity contribution is -0.168. The molecule has 1 aromatic rings. The van der Waals surface area contributed by atoms with E-state index in [1.807, 2.05) is 43.0 Å². The van der Waals surface area contributed by atoms with E-state index in [9.17, 15) is 4.79 Å². The van der Waals surface area contributed by atoms with Crippen molar-refractivity contribution in [3.8, 4) is 5.75 Å². The van der Waals surface area contributed by atoms with Crippen LogP contribution in [0.4, 0.5) is 0 Å². The summed E-state index contributed by atoms with van der Waals surface area (Å²) in [7, 11) is 3.27. The molecule has 0 aromatic heterocycles. The molecule has 1 aliphatic heterocycles. The van der Waals surface area contributed by atoms with Crippen LogP contribution < -0.4 is 4.74 Å². The van der Waals surface area contributed by atoms with Gasteiger partial charge in [-0.25, -0.2) is 0 Å². The molecule has 1 saturated heterocycles. The number of nitrogens with zero attached hydrogens (tertiary/aromatic N) is 1. The second-order valence-corrected chi connectivity index (χ2v) is 6.22. The summed E-state index contributed by atoms with van der Waals surface area (Å²) in [6, 6.07) is 7.62. The highest BCUT2D eigenvalue weighted by Crippen LogP contribution is 2.23.